The zero-order valence-electron chi connectivity index (χ0n) is 8.03. The molecular weight excluding hydrogens is 260 g/mol. The number of halogens is 1. The number of hydrogen-bond donors (Lipinski definition) is 1. The number of nitrogens with one attached hydrogen (secondary N) is 1. The maximum atomic E-state index is 11.5. The molecule has 2 rings (SSSR count). The molecule has 0 unspecified atom stereocenters. The Morgan fingerprint density at radius 1 is 1.40 bits per heavy atom. The van der Waals surface area contributed by atoms with Crippen molar-refractivity contribution in [1.29, 1.82) is 0 Å². The minimum atomic E-state index is -0.202. The van der Waals surface area contributed by atoms with Crippen LogP contribution in [0, 0.1) is 0 Å². The summed E-state index contributed by atoms with van der Waals surface area (Å²) >= 11 is 3.29. The van der Waals surface area contributed by atoms with Gasteiger partial charge in [0.1, 0.15) is 10.4 Å². The SMILES string of the molecule is COc1ccccc1-n1c(Br)c[nH]c1=O. The molecule has 5 heteroatoms. The van der Waals surface area contributed by atoms with Crippen molar-refractivity contribution >= 4 is 15.9 Å². The standard InChI is InChI=1S/C10H9BrN2O2/c1-15-8-5-3-2-4-7(8)13-9(11)6-12-10(13)14/h2-6H,1H3,(H,12,14). The Labute approximate surface area is 94.6 Å². The van der Waals surface area contributed by atoms with Crippen LogP contribution in [-0.2, 0) is 0 Å². The Kier molecular flexibility index (Phi) is 2.64. The molecule has 0 fully saturated rings. The fourth-order valence-electron chi connectivity index (χ4n) is 1.39. The van der Waals surface area contributed by atoms with Gasteiger partial charge in [-0.2, -0.15) is 0 Å². The Balaban J connectivity index is 2.69. The third-order valence-corrected chi connectivity index (χ3v) is 2.64. The number of imidazole rings is 1. The van der Waals surface area contributed by atoms with Crippen molar-refractivity contribution in [3.63, 3.8) is 0 Å². The van der Waals surface area contributed by atoms with Gasteiger partial charge in [0.25, 0.3) is 0 Å². The van der Waals surface area contributed by atoms with Gasteiger partial charge in [-0.05, 0) is 28.1 Å². The number of benzene rings is 1. The summed E-state index contributed by atoms with van der Waals surface area (Å²) in [5.41, 5.74) is 0.504. The molecule has 78 valence electrons. The van der Waals surface area contributed by atoms with Gasteiger partial charge in [-0.15, -0.1) is 0 Å². The Hall–Kier alpha value is -1.49. The molecule has 4 nitrogen and oxygen atoms in total. The summed E-state index contributed by atoms with van der Waals surface area (Å²) in [7, 11) is 1.57. The molecule has 0 saturated carbocycles. The first kappa shape index (κ1) is 10.0. The zero-order valence-corrected chi connectivity index (χ0v) is 9.61. The molecule has 0 spiro atoms. The molecule has 0 bridgehead atoms. The molecule has 0 aliphatic rings. The summed E-state index contributed by atoms with van der Waals surface area (Å²) in [5.74, 6) is 0.653. The van der Waals surface area contributed by atoms with E-state index in [-0.39, 0.29) is 5.69 Å². The number of aromatic nitrogens is 2. The lowest BCUT2D eigenvalue weighted by molar-refractivity contribution is 0.412. The van der Waals surface area contributed by atoms with Crippen LogP contribution >= 0.6 is 15.9 Å². The van der Waals surface area contributed by atoms with Gasteiger partial charge in [0, 0.05) is 6.20 Å². The molecule has 0 amide bonds. The fraction of sp³-hybridized carbons (Fsp3) is 0.100. The number of nitrogens with zero attached hydrogens (tertiary/aromatic N) is 1. The molecule has 1 aromatic carbocycles. The molecule has 0 saturated heterocycles. The lowest BCUT2D eigenvalue weighted by atomic mass is 10.3. The number of methoxy groups -OCH3 is 1. The third-order valence-electron chi connectivity index (χ3n) is 2.06. The van der Waals surface area contributed by atoms with Crippen LogP contribution in [0.25, 0.3) is 5.69 Å². The number of rotatable bonds is 2. The van der Waals surface area contributed by atoms with E-state index in [4.69, 9.17) is 4.74 Å². The van der Waals surface area contributed by atoms with E-state index in [2.05, 4.69) is 20.9 Å². The topological polar surface area (TPSA) is 47.0 Å². The van der Waals surface area contributed by atoms with E-state index >= 15 is 0 Å². The van der Waals surface area contributed by atoms with Crippen LogP contribution in [0.3, 0.4) is 0 Å². The molecule has 0 aliphatic heterocycles. The maximum absolute atomic E-state index is 11.5. The van der Waals surface area contributed by atoms with E-state index in [1.54, 1.807) is 19.4 Å². The predicted octanol–water partition coefficient (Wildman–Crippen LogP) is 1.94. The Bertz CT molecular complexity index is 530. The lowest BCUT2D eigenvalue weighted by Gasteiger charge is -2.08. The van der Waals surface area contributed by atoms with Gasteiger partial charge in [-0.25, -0.2) is 4.79 Å². The van der Waals surface area contributed by atoms with Crippen LogP contribution in [0.15, 0.2) is 39.9 Å². The molecule has 0 aliphatic carbocycles. The number of ether oxygens (including phenoxy) is 1. The third kappa shape index (κ3) is 1.70. The second-order valence-electron chi connectivity index (χ2n) is 2.92. The first-order valence-corrected chi connectivity index (χ1v) is 5.12. The minimum Gasteiger partial charge on any atom is -0.495 e. The molecular formula is C10H9BrN2O2. The van der Waals surface area contributed by atoms with Crippen molar-refractivity contribution in [2.45, 2.75) is 0 Å². The average Bonchev–Trinajstić information content (AvgIpc) is 2.59. The van der Waals surface area contributed by atoms with Crippen molar-refractivity contribution in [3.8, 4) is 11.4 Å². The van der Waals surface area contributed by atoms with E-state index in [1.807, 2.05) is 18.2 Å². The molecule has 1 aromatic heterocycles. The lowest BCUT2D eigenvalue weighted by Crippen LogP contribution is -2.15. The van der Waals surface area contributed by atoms with Crippen molar-refractivity contribution in [1.82, 2.24) is 9.55 Å². The van der Waals surface area contributed by atoms with Gasteiger partial charge in [0.05, 0.1) is 12.8 Å². The summed E-state index contributed by atoms with van der Waals surface area (Å²) in [5, 5.41) is 0. The average molecular weight is 269 g/mol. The van der Waals surface area contributed by atoms with E-state index in [0.29, 0.717) is 16.0 Å². The second-order valence-corrected chi connectivity index (χ2v) is 3.74. The predicted molar refractivity (Wildman–Crippen MR) is 60.6 cm³/mol. The first-order valence-electron chi connectivity index (χ1n) is 4.33. The summed E-state index contributed by atoms with van der Waals surface area (Å²) in [6.45, 7) is 0. The fourth-order valence-corrected chi connectivity index (χ4v) is 1.85. The Morgan fingerprint density at radius 2 is 2.13 bits per heavy atom. The summed E-state index contributed by atoms with van der Waals surface area (Å²) in [6.07, 6.45) is 1.59. The number of H-pyrrole nitrogens is 1. The zero-order chi connectivity index (χ0) is 10.8. The highest BCUT2D eigenvalue weighted by Crippen LogP contribution is 2.23. The molecule has 1 N–H and O–H groups in total. The van der Waals surface area contributed by atoms with Crippen LogP contribution in [0.1, 0.15) is 0 Å². The second kappa shape index (κ2) is 3.94. The highest BCUT2D eigenvalue weighted by Gasteiger charge is 2.09. The van der Waals surface area contributed by atoms with E-state index in [1.165, 1.54) is 4.57 Å². The summed E-state index contributed by atoms with van der Waals surface area (Å²) in [4.78, 5) is 14.1. The molecule has 2 aromatic rings. The maximum Gasteiger partial charge on any atom is 0.331 e. The van der Waals surface area contributed by atoms with Gasteiger partial charge >= 0.3 is 5.69 Å². The van der Waals surface area contributed by atoms with Crippen molar-refractivity contribution in [2.24, 2.45) is 0 Å². The van der Waals surface area contributed by atoms with Crippen LogP contribution in [0.5, 0.6) is 5.75 Å². The normalized spacial score (nSPS) is 10.3. The highest BCUT2D eigenvalue weighted by atomic mass is 79.9. The molecule has 1 heterocycles. The molecule has 15 heavy (non-hydrogen) atoms. The van der Waals surface area contributed by atoms with Gasteiger partial charge in [-0.1, -0.05) is 12.1 Å². The highest BCUT2D eigenvalue weighted by molar-refractivity contribution is 9.10. The van der Waals surface area contributed by atoms with Gasteiger partial charge in [0.2, 0.25) is 0 Å². The quantitative estimate of drug-likeness (QED) is 0.905. The minimum absolute atomic E-state index is 0.202. The van der Waals surface area contributed by atoms with E-state index in [9.17, 15) is 4.79 Å². The van der Waals surface area contributed by atoms with Crippen LogP contribution in [0.4, 0.5) is 0 Å². The van der Waals surface area contributed by atoms with Crippen LogP contribution in [0.2, 0.25) is 0 Å². The van der Waals surface area contributed by atoms with Crippen molar-refractivity contribution < 1.29 is 4.74 Å². The van der Waals surface area contributed by atoms with Crippen LogP contribution in [-0.4, -0.2) is 16.7 Å². The van der Waals surface area contributed by atoms with Crippen molar-refractivity contribution in [2.75, 3.05) is 7.11 Å². The summed E-state index contributed by atoms with van der Waals surface area (Å²) < 4.78 is 7.35. The largest absolute Gasteiger partial charge is 0.495 e. The van der Waals surface area contributed by atoms with E-state index < -0.39 is 0 Å². The number of para-hydroxylation sites is 2. The smallest absolute Gasteiger partial charge is 0.331 e. The van der Waals surface area contributed by atoms with E-state index in [0.717, 1.165) is 0 Å². The van der Waals surface area contributed by atoms with Gasteiger partial charge in [0.15, 0.2) is 0 Å². The molecule has 0 radical (unpaired) electrons. The van der Waals surface area contributed by atoms with Gasteiger partial charge in [-0.3, -0.25) is 4.57 Å². The monoisotopic (exact) mass is 268 g/mol. The molecule has 0 atom stereocenters. The number of aromatic amines is 1. The van der Waals surface area contributed by atoms with Crippen LogP contribution < -0.4 is 10.4 Å². The number of hydrogen-bond acceptors (Lipinski definition) is 2. The van der Waals surface area contributed by atoms with Gasteiger partial charge < -0.3 is 9.72 Å². The Morgan fingerprint density at radius 3 is 2.73 bits per heavy atom. The van der Waals surface area contributed by atoms with Crippen molar-refractivity contribution in [3.05, 3.63) is 45.5 Å². The summed E-state index contributed by atoms with van der Waals surface area (Å²) in [6, 6.07) is 7.33. The first-order chi connectivity index (χ1) is 7.24.